The fourth-order valence-electron chi connectivity index (χ4n) is 4.38. The Morgan fingerprint density at radius 3 is 2.65 bits per heavy atom. The lowest BCUT2D eigenvalue weighted by Crippen LogP contribution is -2.35. The van der Waals surface area contributed by atoms with Crippen LogP contribution in [0.25, 0.3) is 5.52 Å². The molecule has 0 unspecified atom stereocenters. The maximum absolute atomic E-state index is 12.9. The third kappa shape index (κ3) is 3.55. The van der Waals surface area contributed by atoms with E-state index in [1.807, 2.05) is 6.20 Å². The number of aromatic nitrogens is 3. The highest BCUT2D eigenvalue weighted by Gasteiger charge is 2.20. The number of carbonyl (C=O) groups is 1. The molecule has 0 bridgehead atoms. The monoisotopic (exact) mass is 356 g/mol. The zero-order valence-electron chi connectivity index (χ0n) is 15.4. The smallest absolute Gasteiger partial charge is 0.276 e. The topological polar surface area (TPSA) is 68.4 Å². The van der Waals surface area contributed by atoms with Crippen LogP contribution in [0.5, 0.6) is 0 Å². The van der Waals surface area contributed by atoms with Crippen LogP contribution in [0.15, 0.2) is 17.2 Å². The number of hydrogen-bond donors (Lipinski definition) is 1. The Bertz CT molecular complexity index is 843. The van der Waals surface area contributed by atoms with E-state index in [4.69, 9.17) is 0 Å². The number of aryl methyl sites for hydroxylation is 3. The summed E-state index contributed by atoms with van der Waals surface area (Å²) in [5, 5.41) is 7.72. The molecule has 140 valence electrons. The predicted octanol–water partition coefficient (Wildman–Crippen LogP) is 2.60. The van der Waals surface area contributed by atoms with Gasteiger partial charge in [-0.15, -0.1) is 0 Å². The maximum atomic E-state index is 12.9. The van der Waals surface area contributed by atoms with E-state index in [1.54, 1.807) is 15.3 Å². The van der Waals surface area contributed by atoms with Gasteiger partial charge >= 0.3 is 0 Å². The highest BCUT2D eigenvalue weighted by Crippen LogP contribution is 2.22. The Labute approximate surface area is 153 Å². The molecule has 2 aliphatic carbocycles. The quantitative estimate of drug-likeness (QED) is 0.856. The number of nitrogens with one attached hydrogen (secondary N) is 1. The summed E-state index contributed by atoms with van der Waals surface area (Å²) in [6.07, 6.45) is 15.2. The second-order valence-electron chi connectivity index (χ2n) is 7.73. The van der Waals surface area contributed by atoms with Gasteiger partial charge in [0.15, 0.2) is 0 Å². The summed E-state index contributed by atoms with van der Waals surface area (Å²) < 4.78 is 3.39. The van der Waals surface area contributed by atoms with Crippen LogP contribution < -0.4 is 10.9 Å². The molecule has 0 atom stereocenters. The molecule has 0 aromatic carbocycles. The van der Waals surface area contributed by atoms with Crippen molar-refractivity contribution in [2.45, 2.75) is 83.2 Å². The molecule has 1 amide bonds. The van der Waals surface area contributed by atoms with Gasteiger partial charge in [-0.3, -0.25) is 9.59 Å². The molecule has 1 N–H and O–H groups in total. The van der Waals surface area contributed by atoms with Crippen molar-refractivity contribution in [2.75, 3.05) is 0 Å². The predicted molar refractivity (Wildman–Crippen MR) is 100 cm³/mol. The van der Waals surface area contributed by atoms with Gasteiger partial charge < -0.3 is 9.88 Å². The molecule has 0 saturated heterocycles. The van der Waals surface area contributed by atoms with Gasteiger partial charge in [-0.05, 0) is 38.5 Å². The standard InChI is InChI=1S/C20H28N4O2/c25-18(21-15-7-3-1-2-4-8-15)11-12-23-13-14-24-19(20(23)26)16-9-5-6-10-17(16)22-24/h13-15H,1-12H2,(H,21,25). The van der Waals surface area contributed by atoms with E-state index in [2.05, 4.69) is 10.4 Å². The molecule has 0 spiro atoms. The van der Waals surface area contributed by atoms with E-state index < -0.39 is 0 Å². The fourth-order valence-corrected chi connectivity index (χ4v) is 4.38. The average molecular weight is 356 g/mol. The van der Waals surface area contributed by atoms with Gasteiger partial charge in [-0.2, -0.15) is 5.10 Å². The van der Waals surface area contributed by atoms with Crippen molar-refractivity contribution in [1.29, 1.82) is 0 Å². The summed E-state index contributed by atoms with van der Waals surface area (Å²) >= 11 is 0. The molecule has 6 nitrogen and oxygen atoms in total. The molecule has 26 heavy (non-hydrogen) atoms. The number of nitrogens with zero attached hydrogens (tertiary/aromatic N) is 3. The van der Waals surface area contributed by atoms with Crippen molar-refractivity contribution in [3.63, 3.8) is 0 Å². The normalized spacial score (nSPS) is 18.5. The van der Waals surface area contributed by atoms with Gasteiger partial charge in [0.1, 0.15) is 5.52 Å². The van der Waals surface area contributed by atoms with Gasteiger partial charge in [-0.1, -0.05) is 25.7 Å². The first kappa shape index (κ1) is 17.3. The molecular formula is C20H28N4O2. The minimum atomic E-state index is -0.0228. The highest BCUT2D eigenvalue weighted by atomic mass is 16.2. The number of amides is 1. The van der Waals surface area contributed by atoms with Gasteiger partial charge in [0.2, 0.25) is 5.91 Å². The Hall–Kier alpha value is -2.11. The summed E-state index contributed by atoms with van der Waals surface area (Å²) in [7, 11) is 0. The second-order valence-corrected chi connectivity index (χ2v) is 7.73. The van der Waals surface area contributed by atoms with E-state index in [0.717, 1.165) is 49.8 Å². The SMILES string of the molecule is O=C(CCn1ccn2nc3c(c2c1=O)CCCC3)NC1CCCCCC1. The number of hydrogen-bond acceptors (Lipinski definition) is 3. The first-order valence-corrected chi connectivity index (χ1v) is 10.1. The highest BCUT2D eigenvalue weighted by molar-refractivity contribution is 5.76. The van der Waals surface area contributed by atoms with Crippen LogP contribution in [0.1, 0.15) is 69.0 Å². The van der Waals surface area contributed by atoms with Crippen molar-refractivity contribution in [1.82, 2.24) is 19.5 Å². The molecule has 2 aliphatic rings. The van der Waals surface area contributed by atoms with Crippen LogP contribution in [0.4, 0.5) is 0 Å². The van der Waals surface area contributed by atoms with Crippen molar-refractivity contribution in [3.05, 3.63) is 34.0 Å². The lowest BCUT2D eigenvalue weighted by atomic mass is 9.97. The Morgan fingerprint density at radius 1 is 1.08 bits per heavy atom. The molecular weight excluding hydrogens is 328 g/mol. The third-order valence-electron chi connectivity index (χ3n) is 5.83. The minimum Gasteiger partial charge on any atom is -0.353 e. The first-order valence-electron chi connectivity index (χ1n) is 10.1. The van der Waals surface area contributed by atoms with E-state index in [0.29, 0.717) is 24.5 Å². The molecule has 2 aromatic heterocycles. The van der Waals surface area contributed by atoms with Gasteiger partial charge in [0, 0.05) is 37.0 Å². The molecule has 0 aliphatic heterocycles. The van der Waals surface area contributed by atoms with Crippen molar-refractivity contribution in [3.8, 4) is 0 Å². The molecule has 1 saturated carbocycles. The summed E-state index contributed by atoms with van der Waals surface area (Å²) in [4.78, 5) is 25.2. The van der Waals surface area contributed by atoms with E-state index >= 15 is 0 Å². The molecule has 2 aromatic rings. The summed E-state index contributed by atoms with van der Waals surface area (Å²) in [6.45, 7) is 0.424. The van der Waals surface area contributed by atoms with Gasteiger partial charge in [0.05, 0.1) is 5.69 Å². The summed E-state index contributed by atoms with van der Waals surface area (Å²) in [5.74, 6) is 0.0548. The van der Waals surface area contributed by atoms with E-state index in [-0.39, 0.29) is 11.5 Å². The maximum Gasteiger partial charge on any atom is 0.276 e. The van der Waals surface area contributed by atoms with Crippen molar-refractivity contribution in [2.24, 2.45) is 0 Å². The van der Waals surface area contributed by atoms with Crippen LogP contribution in [-0.2, 0) is 24.2 Å². The van der Waals surface area contributed by atoms with Gasteiger partial charge in [-0.25, -0.2) is 4.52 Å². The molecule has 0 radical (unpaired) electrons. The summed E-state index contributed by atoms with van der Waals surface area (Å²) in [6, 6.07) is 0.311. The third-order valence-corrected chi connectivity index (χ3v) is 5.83. The fraction of sp³-hybridized carbons (Fsp3) is 0.650. The summed E-state index contributed by atoms with van der Waals surface area (Å²) in [5.41, 5.74) is 2.85. The molecule has 6 heteroatoms. The first-order chi connectivity index (χ1) is 12.7. The van der Waals surface area contributed by atoms with Crippen LogP contribution in [0.3, 0.4) is 0 Å². The van der Waals surface area contributed by atoms with E-state index in [9.17, 15) is 9.59 Å². The average Bonchev–Trinajstić information content (AvgIpc) is 2.84. The largest absolute Gasteiger partial charge is 0.353 e. The Morgan fingerprint density at radius 2 is 1.85 bits per heavy atom. The van der Waals surface area contributed by atoms with E-state index in [1.165, 1.54) is 25.7 Å². The lowest BCUT2D eigenvalue weighted by Gasteiger charge is -2.16. The van der Waals surface area contributed by atoms with Crippen LogP contribution in [0.2, 0.25) is 0 Å². The molecule has 4 rings (SSSR count). The number of fused-ring (bicyclic) bond motifs is 3. The van der Waals surface area contributed by atoms with Crippen LogP contribution in [0, 0.1) is 0 Å². The zero-order valence-corrected chi connectivity index (χ0v) is 15.4. The van der Waals surface area contributed by atoms with Crippen LogP contribution >= 0.6 is 0 Å². The Kier molecular flexibility index (Phi) is 5.09. The van der Waals surface area contributed by atoms with Crippen LogP contribution in [-0.4, -0.2) is 26.1 Å². The van der Waals surface area contributed by atoms with Crippen molar-refractivity contribution < 1.29 is 4.79 Å². The zero-order chi connectivity index (χ0) is 17.9. The minimum absolute atomic E-state index is 0.0228. The second kappa shape index (κ2) is 7.64. The number of carbonyl (C=O) groups excluding carboxylic acids is 1. The lowest BCUT2D eigenvalue weighted by molar-refractivity contribution is -0.122. The Balaban J connectivity index is 1.44. The van der Waals surface area contributed by atoms with Crippen molar-refractivity contribution >= 4 is 11.4 Å². The molecule has 2 heterocycles. The van der Waals surface area contributed by atoms with Gasteiger partial charge in [0.25, 0.3) is 5.56 Å². The number of rotatable bonds is 4. The molecule has 1 fully saturated rings.